The predicted octanol–water partition coefficient (Wildman–Crippen LogP) is 2.01. The number of aryl methyl sites for hydroxylation is 1. The minimum Gasteiger partial charge on any atom is -0.459 e. The molecule has 0 radical (unpaired) electrons. The summed E-state index contributed by atoms with van der Waals surface area (Å²) in [4.78, 5) is 63.5. The van der Waals surface area contributed by atoms with Crippen LogP contribution in [0.3, 0.4) is 0 Å². The number of amides is 3. The molecule has 3 N–H and O–H groups in total. The fourth-order valence-electron chi connectivity index (χ4n) is 4.55. The number of ether oxygens (including phenoxy) is 1. The van der Waals surface area contributed by atoms with E-state index in [1.165, 1.54) is 35.0 Å². The van der Waals surface area contributed by atoms with E-state index in [0.29, 0.717) is 25.1 Å². The van der Waals surface area contributed by atoms with E-state index in [9.17, 15) is 24.0 Å². The molecule has 12 nitrogen and oxygen atoms in total. The number of hydrogen-bond acceptors (Lipinski definition) is 8. The Morgan fingerprint density at radius 3 is 2.69 bits per heavy atom. The van der Waals surface area contributed by atoms with Crippen molar-refractivity contribution < 1.29 is 28.4 Å². The number of carbonyl (C=O) groups excluding carboxylic acids is 4. The molecule has 2 aromatic heterocycles. The molecule has 12 heteroatoms. The lowest BCUT2D eigenvalue weighted by atomic mass is 9.96. The van der Waals surface area contributed by atoms with E-state index < -0.39 is 35.4 Å². The number of esters is 1. The molecule has 4 rings (SSSR count). The molecule has 2 aromatic rings. The minimum atomic E-state index is -0.904. The molecule has 3 atom stereocenters. The van der Waals surface area contributed by atoms with Crippen LogP contribution in [-0.2, 0) is 19.1 Å². The van der Waals surface area contributed by atoms with Crippen LogP contribution in [0.15, 0.2) is 45.9 Å². The molecule has 39 heavy (non-hydrogen) atoms. The average molecular weight is 540 g/mol. The molecule has 2 aliphatic rings. The Morgan fingerprint density at radius 2 is 2.08 bits per heavy atom. The van der Waals surface area contributed by atoms with E-state index in [1.807, 2.05) is 0 Å². The van der Waals surface area contributed by atoms with Gasteiger partial charge in [-0.3, -0.25) is 19.2 Å². The van der Waals surface area contributed by atoms with Gasteiger partial charge in [0, 0.05) is 36.8 Å². The molecule has 2 fully saturated rings. The number of aromatic nitrogens is 2. The van der Waals surface area contributed by atoms with Crippen LogP contribution in [0, 0.1) is 12.8 Å². The molecule has 0 spiro atoms. The zero-order valence-electron chi connectivity index (χ0n) is 22.0. The van der Waals surface area contributed by atoms with Crippen molar-refractivity contribution in [2.45, 2.75) is 70.6 Å². The monoisotopic (exact) mass is 539 g/mol. The first kappa shape index (κ1) is 27.8. The predicted molar refractivity (Wildman–Crippen MR) is 140 cm³/mol. The van der Waals surface area contributed by atoms with Crippen LogP contribution in [0.4, 0.5) is 5.69 Å². The van der Waals surface area contributed by atoms with Gasteiger partial charge in [0.25, 0.3) is 11.5 Å². The molecule has 208 valence electrons. The van der Waals surface area contributed by atoms with Crippen molar-refractivity contribution in [2.24, 2.45) is 5.92 Å². The number of pyridine rings is 1. The molecule has 3 heterocycles. The summed E-state index contributed by atoms with van der Waals surface area (Å²) in [5, 5.41) is 11.8. The van der Waals surface area contributed by atoms with E-state index in [-0.39, 0.29) is 35.7 Å². The number of rotatable bonds is 11. The third-order valence-corrected chi connectivity index (χ3v) is 6.94. The van der Waals surface area contributed by atoms with Crippen LogP contribution >= 0.6 is 0 Å². The van der Waals surface area contributed by atoms with Gasteiger partial charge in [-0.25, -0.2) is 4.79 Å². The number of carbonyl (C=O) groups is 4. The lowest BCUT2D eigenvalue weighted by molar-refractivity contribution is -0.146. The maximum absolute atomic E-state index is 13.4. The Bertz CT molecular complexity index is 1310. The van der Waals surface area contributed by atoms with Gasteiger partial charge in [-0.1, -0.05) is 18.2 Å². The molecule has 3 amide bonds. The summed E-state index contributed by atoms with van der Waals surface area (Å²) < 4.78 is 11.5. The third kappa shape index (κ3) is 7.01. The van der Waals surface area contributed by atoms with Crippen molar-refractivity contribution in [2.75, 3.05) is 11.9 Å². The summed E-state index contributed by atoms with van der Waals surface area (Å²) in [6, 6.07) is 2.89. The van der Waals surface area contributed by atoms with E-state index in [1.54, 1.807) is 19.9 Å². The van der Waals surface area contributed by atoms with Crippen LogP contribution < -0.4 is 21.5 Å². The lowest BCUT2D eigenvalue weighted by Crippen LogP contribution is -2.43. The molecule has 1 saturated carbocycles. The van der Waals surface area contributed by atoms with Gasteiger partial charge >= 0.3 is 5.97 Å². The van der Waals surface area contributed by atoms with Crippen molar-refractivity contribution in [1.29, 1.82) is 0 Å². The number of anilines is 1. The van der Waals surface area contributed by atoms with E-state index in [0.717, 1.165) is 19.3 Å². The van der Waals surface area contributed by atoms with Gasteiger partial charge in [-0.05, 0) is 57.6 Å². The van der Waals surface area contributed by atoms with E-state index in [4.69, 9.17) is 9.26 Å². The van der Waals surface area contributed by atoms with Gasteiger partial charge in [-0.2, -0.15) is 0 Å². The summed E-state index contributed by atoms with van der Waals surface area (Å²) in [6.07, 6.45) is 8.11. The SMILES string of the molecule is CCC(C(=O)N[C@H](/C=C/C(=O)OC1CCC1)CC1CCNC1=O)n1cccc(NC(=O)c2cc(C)on2)c1=O. The lowest BCUT2D eigenvalue weighted by Gasteiger charge is -2.25. The van der Waals surface area contributed by atoms with Gasteiger partial charge in [0.1, 0.15) is 23.6 Å². The van der Waals surface area contributed by atoms with Gasteiger partial charge in [0.2, 0.25) is 11.8 Å². The highest BCUT2D eigenvalue weighted by molar-refractivity contribution is 6.02. The summed E-state index contributed by atoms with van der Waals surface area (Å²) in [6.45, 7) is 3.95. The fraction of sp³-hybridized carbons (Fsp3) is 0.481. The van der Waals surface area contributed by atoms with E-state index >= 15 is 0 Å². The second-order valence-corrected chi connectivity index (χ2v) is 9.81. The van der Waals surface area contributed by atoms with Crippen LogP contribution in [-0.4, -0.2) is 52.1 Å². The highest BCUT2D eigenvalue weighted by Gasteiger charge is 2.29. The number of nitrogens with one attached hydrogen (secondary N) is 3. The fourth-order valence-corrected chi connectivity index (χ4v) is 4.55. The highest BCUT2D eigenvalue weighted by atomic mass is 16.5. The topological polar surface area (TPSA) is 162 Å². The van der Waals surface area contributed by atoms with Gasteiger partial charge in [0.15, 0.2) is 5.69 Å². The Labute approximate surface area is 225 Å². The second kappa shape index (κ2) is 12.5. The second-order valence-electron chi connectivity index (χ2n) is 9.81. The van der Waals surface area contributed by atoms with Gasteiger partial charge in [-0.15, -0.1) is 0 Å². The normalized spacial score (nSPS) is 18.7. The van der Waals surface area contributed by atoms with Crippen molar-refractivity contribution in [3.05, 3.63) is 58.4 Å². The van der Waals surface area contributed by atoms with Crippen LogP contribution in [0.1, 0.15) is 67.7 Å². The van der Waals surface area contributed by atoms with Crippen molar-refractivity contribution in [1.82, 2.24) is 20.4 Å². The third-order valence-electron chi connectivity index (χ3n) is 6.94. The first-order valence-electron chi connectivity index (χ1n) is 13.2. The number of nitrogens with zero attached hydrogens (tertiary/aromatic N) is 2. The Morgan fingerprint density at radius 1 is 1.28 bits per heavy atom. The zero-order valence-corrected chi connectivity index (χ0v) is 22.0. The molecule has 2 unspecified atom stereocenters. The standard InChI is InChI=1S/C27H33N5O7/c1-3-22(32-13-5-8-20(27(32)37)30-25(35)21-14-16(2)39-31-21)26(36)29-18(15-17-11-12-28-24(17)34)9-10-23(33)38-19-6-4-7-19/h5,8-10,13-14,17-19,22H,3-4,6-7,11-12,15H2,1-2H3,(H,28,34)(H,29,36)(H,30,35)/b10-9+/t17?,18-,22?/m1/s1. The summed E-state index contributed by atoms with van der Waals surface area (Å²) in [7, 11) is 0. The Balaban J connectivity index is 1.49. The van der Waals surface area contributed by atoms with Crippen LogP contribution in [0.25, 0.3) is 0 Å². The smallest absolute Gasteiger partial charge is 0.330 e. The van der Waals surface area contributed by atoms with Gasteiger partial charge in [0.05, 0.1) is 0 Å². The molecule has 1 aliphatic carbocycles. The summed E-state index contributed by atoms with van der Waals surface area (Å²) in [5.41, 5.74) is -0.569. The molecule has 0 bridgehead atoms. The van der Waals surface area contributed by atoms with Crippen LogP contribution in [0.5, 0.6) is 0 Å². The highest BCUT2D eigenvalue weighted by Crippen LogP contribution is 2.22. The minimum absolute atomic E-state index is 0.0211. The number of hydrogen-bond donors (Lipinski definition) is 3. The zero-order chi connectivity index (χ0) is 27.9. The first-order valence-corrected chi connectivity index (χ1v) is 13.2. The Hall–Kier alpha value is -4.22. The first-order chi connectivity index (χ1) is 18.7. The summed E-state index contributed by atoms with van der Waals surface area (Å²) in [5.74, 6) is -1.55. The van der Waals surface area contributed by atoms with Crippen molar-refractivity contribution >= 4 is 29.4 Å². The quantitative estimate of drug-likeness (QED) is 0.289. The molecular weight excluding hydrogens is 506 g/mol. The Kier molecular flexibility index (Phi) is 8.95. The molecule has 0 aromatic carbocycles. The average Bonchev–Trinajstić information content (AvgIpc) is 3.50. The van der Waals surface area contributed by atoms with Crippen molar-refractivity contribution in [3.63, 3.8) is 0 Å². The molecule has 1 saturated heterocycles. The van der Waals surface area contributed by atoms with Crippen LogP contribution in [0.2, 0.25) is 0 Å². The van der Waals surface area contributed by atoms with Gasteiger partial charge < -0.3 is 29.8 Å². The largest absolute Gasteiger partial charge is 0.459 e. The van der Waals surface area contributed by atoms with Crippen molar-refractivity contribution in [3.8, 4) is 0 Å². The van der Waals surface area contributed by atoms with E-state index in [2.05, 4.69) is 21.1 Å². The maximum Gasteiger partial charge on any atom is 0.330 e. The molecular formula is C27H33N5O7. The maximum atomic E-state index is 13.4. The summed E-state index contributed by atoms with van der Waals surface area (Å²) >= 11 is 0. The molecule has 1 aliphatic heterocycles.